The van der Waals surface area contributed by atoms with E-state index in [1.807, 2.05) is 0 Å². The van der Waals surface area contributed by atoms with Crippen LogP contribution in [0.15, 0.2) is 17.1 Å². The van der Waals surface area contributed by atoms with Crippen LogP contribution in [0.3, 0.4) is 0 Å². The van der Waals surface area contributed by atoms with Crippen molar-refractivity contribution in [1.82, 2.24) is 9.55 Å². The Morgan fingerprint density at radius 3 is 2.61 bits per heavy atom. The summed E-state index contributed by atoms with van der Waals surface area (Å²) in [6, 6.07) is 1.37. The molecule has 0 spiro atoms. The van der Waals surface area contributed by atoms with Crippen molar-refractivity contribution in [1.29, 1.82) is 0 Å². The topological polar surface area (TPSA) is 131 Å². The Hall–Kier alpha value is -0.480. The first-order valence-corrected chi connectivity index (χ1v) is 5.01. The minimum Gasteiger partial charge on any atom is -0.394 e. The quantitative estimate of drug-likeness (QED) is 0.421. The third-order valence-corrected chi connectivity index (χ3v) is 2.64. The molecule has 95 valence electrons. The Morgan fingerprint density at radius 1 is 1.44 bits per heavy atom. The van der Waals surface area contributed by atoms with Gasteiger partial charge in [0.25, 0.3) is 0 Å². The standard InChI is InChI=1S/C9H13N3O5.Na/c10-5-1-2-12(9(16)11-5)8-7(15)6(14)4(3-13)17-8;/h1-2,4,6-8,13-15H,3H2,(H2,10,11,16);/t4-,6-,7-,8-;/m1./s1. The van der Waals surface area contributed by atoms with E-state index in [0.29, 0.717) is 0 Å². The Labute approximate surface area is 124 Å². The van der Waals surface area contributed by atoms with E-state index in [1.54, 1.807) is 0 Å². The number of nitrogens with zero attached hydrogens (tertiary/aromatic N) is 2. The molecular formula is C9H13N3NaO5. The molecular weight excluding hydrogens is 253 g/mol. The molecule has 1 aliphatic rings. The second-order valence-electron chi connectivity index (χ2n) is 3.77. The Kier molecular flexibility index (Phi) is 5.29. The van der Waals surface area contributed by atoms with Crippen molar-refractivity contribution >= 4 is 35.4 Å². The molecule has 1 aliphatic heterocycles. The molecule has 2 rings (SSSR count). The van der Waals surface area contributed by atoms with Crippen LogP contribution < -0.4 is 11.4 Å². The fourth-order valence-electron chi connectivity index (χ4n) is 1.73. The van der Waals surface area contributed by atoms with Gasteiger partial charge in [0.15, 0.2) is 6.23 Å². The molecule has 1 saturated heterocycles. The molecule has 2 heterocycles. The van der Waals surface area contributed by atoms with E-state index in [9.17, 15) is 15.0 Å². The third-order valence-electron chi connectivity index (χ3n) is 2.64. The maximum atomic E-state index is 11.5. The number of hydrogen-bond acceptors (Lipinski definition) is 7. The van der Waals surface area contributed by atoms with E-state index in [2.05, 4.69) is 4.98 Å². The van der Waals surface area contributed by atoms with Gasteiger partial charge in [-0.15, -0.1) is 0 Å². The number of nitrogens with two attached hydrogens (primary N) is 1. The van der Waals surface area contributed by atoms with Gasteiger partial charge in [0.2, 0.25) is 0 Å². The summed E-state index contributed by atoms with van der Waals surface area (Å²) in [5.41, 5.74) is 4.63. The number of aliphatic hydroxyl groups excluding tert-OH is 3. The summed E-state index contributed by atoms with van der Waals surface area (Å²) in [6.45, 7) is -0.453. The summed E-state index contributed by atoms with van der Waals surface area (Å²) in [4.78, 5) is 15.0. The molecule has 18 heavy (non-hydrogen) atoms. The van der Waals surface area contributed by atoms with Crippen LogP contribution in [0.25, 0.3) is 0 Å². The van der Waals surface area contributed by atoms with E-state index in [4.69, 9.17) is 15.6 Å². The van der Waals surface area contributed by atoms with E-state index >= 15 is 0 Å². The van der Waals surface area contributed by atoms with E-state index < -0.39 is 36.8 Å². The molecule has 5 N–H and O–H groups in total. The number of ether oxygens (including phenoxy) is 1. The first-order chi connectivity index (χ1) is 8.04. The van der Waals surface area contributed by atoms with Crippen molar-refractivity contribution in [3.63, 3.8) is 0 Å². The van der Waals surface area contributed by atoms with Crippen LogP contribution in [-0.4, -0.2) is 79.3 Å². The number of anilines is 1. The summed E-state index contributed by atoms with van der Waals surface area (Å²) in [7, 11) is 0. The average molecular weight is 266 g/mol. The first-order valence-electron chi connectivity index (χ1n) is 5.01. The minimum atomic E-state index is -1.31. The SMILES string of the molecule is Nc1ccn([C@@H]2O[C@H](CO)[C@@H](O)[C@H]2O)c(=O)n1.[Na]. The van der Waals surface area contributed by atoms with Crippen molar-refractivity contribution < 1.29 is 20.1 Å². The second kappa shape index (κ2) is 6.11. The average Bonchev–Trinajstić information content (AvgIpc) is 2.57. The smallest absolute Gasteiger partial charge is 0.351 e. The van der Waals surface area contributed by atoms with Gasteiger partial charge < -0.3 is 25.8 Å². The van der Waals surface area contributed by atoms with Gasteiger partial charge in [-0.25, -0.2) is 4.79 Å². The monoisotopic (exact) mass is 266 g/mol. The summed E-state index contributed by atoms with van der Waals surface area (Å²) in [6.07, 6.45) is -3.27. The largest absolute Gasteiger partial charge is 0.394 e. The number of nitrogen functional groups attached to an aromatic ring is 1. The molecule has 0 aliphatic carbocycles. The summed E-state index contributed by atoms with van der Waals surface area (Å²) < 4.78 is 6.19. The van der Waals surface area contributed by atoms with Gasteiger partial charge in [0.1, 0.15) is 24.1 Å². The van der Waals surface area contributed by atoms with Gasteiger partial charge in [-0.3, -0.25) is 4.57 Å². The molecule has 0 amide bonds. The van der Waals surface area contributed by atoms with Crippen LogP contribution in [-0.2, 0) is 4.74 Å². The van der Waals surface area contributed by atoms with Crippen LogP contribution in [0.4, 0.5) is 5.82 Å². The maximum Gasteiger partial charge on any atom is 0.351 e. The van der Waals surface area contributed by atoms with Gasteiger partial charge >= 0.3 is 5.69 Å². The zero-order chi connectivity index (χ0) is 12.6. The van der Waals surface area contributed by atoms with Crippen molar-refractivity contribution in [3.05, 3.63) is 22.7 Å². The maximum absolute atomic E-state index is 11.5. The van der Waals surface area contributed by atoms with Crippen molar-refractivity contribution in [3.8, 4) is 0 Å². The normalized spacial score (nSPS) is 31.1. The van der Waals surface area contributed by atoms with Crippen LogP contribution >= 0.6 is 0 Å². The number of aliphatic hydroxyl groups is 3. The summed E-state index contributed by atoms with van der Waals surface area (Å²) >= 11 is 0. The fourth-order valence-corrected chi connectivity index (χ4v) is 1.73. The zero-order valence-electron chi connectivity index (χ0n) is 9.80. The fraction of sp³-hybridized carbons (Fsp3) is 0.556. The molecule has 1 aromatic heterocycles. The van der Waals surface area contributed by atoms with Crippen LogP contribution in [0.5, 0.6) is 0 Å². The number of hydrogen-bond donors (Lipinski definition) is 4. The molecule has 1 aromatic rings. The Balaban J connectivity index is 0.00000162. The molecule has 4 atom stereocenters. The van der Waals surface area contributed by atoms with Gasteiger partial charge in [-0.1, -0.05) is 0 Å². The van der Waals surface area contributed by atoms with Crippen LogP contribution in [0, 0.1) is 0 Å². The molecule has 1 fully saturated rings. The number of aromatic nitrogens is 2. The number of rotatable bonds is 2. The minimum absolute atomic E-state index is 0. The Bertz CT molecular complexity index is 468. The second-order valence-corrected chi connectivity index (χ2v) is 3.77. The third kappa shape index (κ3) is 2.75. The van der Waals surface area contributed by atoms with Crippen molar-refractivity contribution in [2.45, 2.75) is 24.5 Å². The molecule has 9 heteroatoms. The van der Waals surface area contributed by atoms with E-state index in [-0.39, 0.29) is 35.4 Å². The molecule has 0 aromatic carbocycles. The molecule has 1 radical (unpaired) electrons. The van der Waals surface area contributed by atoms with Crippen molar-refractivity contribution in [2.75, 3.05) is 12.3 Å². The summed E-state index contributed by atoms with van der Waals surface area (Å²) in [5, 5.41) is 28.2. The molecule has 0 bridgehead atoms. The van der Waals surface area contributed by atoms with Gasteiger partial charge in [-0.05, 0) is 6.07 Å². The predicted octanol–water partition coefficient (Wildman–Crippen LogP) is -2.94. The zero-order valence-corrected chi connectivity index (χ0v) is 11.8. The predicted molar refractivity (Wildman–Crippen MR) is 61.7 cm³/mol. The van der Waals surface area contributed by atoms with Gasteiger partial charge in [0.05, 0.1) is 6.61 Å². The van der Waals surface area contributed by atoms with Crippen LogP contribution in [0.2, 0.25) is 0 Å². The van der Waals surface area contributed by atoms with Crippen molar-refractivity contribution in [2.24, 2.45) is 0 Å². The van der Waals surface area contributed by atoms with E-state index in [1.165, 1.54) is 12.3 Å². The first kappa shape index (κ1) is 15.6. The van der Waals surface area contributed by atoms with Crippen LogP contribution in [0.1, 0.15) is 6.23 Å². The molecule has 0 unspecified atom stereocenters. The molecule has 8 nitrogen and oxygen atoms in total. The summed E-state index contributed by atoms with van der Waals surface area (Å²) in [5.74, 6) is 0.0537. The van der Waals surface area contributed by atoms with Gasteiger partial charge in [-0.2, -0.15) is 4.98 Å². The van der Waals surface area contributed by atoms with Gasteiger partial charge in [0, 0.05) is 35.8 Å². The molecule has 0 saturated carbocycles. The van der Waals surface area contributed by atoms with E-state index in [0.717, 1.165) is 4.57 Å². The Morgan fingerprint density at radius 2 is 2.11 bits per heavy atom.